The van der Waals surface area contributed by atoms with E-state index in [2.05, 4.69) is 10.6 Å². The Morgan fingerprint density at radius 3 is 2.44 bits per heavy atom. The fourth-order valence-electron chi connectivity index (χ4n) is 2.87. The smallest absolute Gasteiger partial charge is 0.424 e. The van der Waals surface area contributed by atoms with E-state index in [0.29, 0.717) is 25.7 Å². The lowest BCUT2D eigenvalue weighted by molar-refractivity contribution is -0.274. The van der Waals surface area contributed by atoms with E-state index in [1.165, 1.54) is 13.0 Å². The first-order chi connectivity index (χ1) is 11.6. The molecule has 1 atom stereocenters. The highest BCUT2D eigenvalue weighted by atomic mass is 19.4. The predicted octanol–water partition coefficient (Wildman–Crippen LogP) is 2.33. The van der Waals surface area contributed by atoms with Gasteiger partial charge in [-0.15, -0.1) is 0 Å². The van der Waals surface area contributed by atoms with Gasteiger partial charge in [-0.05, 0) is 44.7 Å². The van der Waals surface area contributed by atoms with Crippen molar-refractivity contribution < 1.29 is 32.6 Å². The number of urea groups is 1. The molecule has 1 fully saturated rings. The molecule has 142 valence electrons. The fourth-order valence-corrected chi connectivity index (χ4v) is 2.87. The van der Waals surface area contributed by atoms with Crippen LogP contribution in [0.15, 0.2) is 16.5 Å². The molecule has 0 aliphatic heterocycles. The van der Waals surface area contributed by atoms with E-state index in [1.54, 1.807) is 0 Å². The normalized spacial score (nSPS) is 23.8. The molecule has 0 radical (unpaired) electrons. The van der Waals surface area contributed by atoms with Crippen molar-refractivity contribution in [3.05, 3.63) is 23.7 Å². The maximum atomic E-state index is 13.3. The second-order valence-corrected chi connectivity index (χ2v) is 6.42. The van der Waals surface area contributed by atoms with Gasteiger partial charge in [0.2, 0.25) is 5.60 Å². The number of hydrogen-bond donors (Lipinski definition) is 4. The lowest BCUT2D eigenvalue weighted by atomic mass is 9.93. The van der Waals surface area contributed by atoms with E-state index < -0.39 is 30.0 Å². The molecule has 6 nitrogen and oxygen atoms in total. The number of furan rings is 1. The third-order valence-electron chi connectivity index (χ3n) is 4.42. The molecule has 1 saturated carbocycles. The molecule has 4 N–H and O–H groups in total. The number of amides is 2. The van der Waals surface area contributed by atoms with Crippen LogP contribution in [0.25, 0.3) is 0 Å². The summed E-state index contributed by atoms with van der Waals surface area (Å²) >= 11 is 0. The Bertz CT molecular complexity index is 582. The van der Waals surface area contributed by atoms with Crippen molar-refractivity contribution in [3.8, 4) is 0 Å². The van der Waals surface area contributed by atoms with E-state index in [1.807, 2.05) is 0 Å². The van der Waals surface area contributed by atoms with Gasteiger partial charge in [0.1, 0.15) is 11.5 Å². The van der Waals surface area contributed by atoms with Gasteiger partial charge in [-0.25, -0.2) is 4.79 Å². The summed E-state index contributed by atoms with van der Waals surface area (Å²) in [6, 6.07) is 1.71. The van der Waals surface area contributed by atoms with Crippen molar-refractivity contribution in [2.75, 3.05) is 6.54 Å². The van der Waals surface area contributed by atoms with Crippen LogP contribution < -0.4 is 10.6 Å². The maximum Gasteiger partial charge on any atom is 0.424 e. The Balaban J connectivity index is 1.88. The quantitative estimate of drug-likeness (QED) is 0.645. The lowest BCUT2D eigenvalue weighted by Crippen LogP contribution is -2.48. The standard InChI is InChI=1S/C16H23F3N2O4/c1-10-2-7-13(25-10)15(24,16(17,18)19)8-9-20-14(23)21-11-3-5-12(22)6-4-11/h2,7,11-12,22,24H,3-6,8-9H2,1H3,(H2,20,21,23). The molecule has 0 spiro atoms. The Labute approximate surface area is 143 Å². The first-order valence-electron chi connectivity index (χ1n) is 8.20. The van der Waals surface area contributed by atoms with Crippen LogP contribution in [0, 0.1) is 6.92 Å². The second-order valence-electron chi connectivity index (χ2n) is 6.42. The molecule has 0 saturated heterocycles. The molecule has 1 aromatic rings. The van der Waals surface area contributed by atoms with Gasteiger partial charge in [0.05, 0.1) is 6.10 Å². The summed E-state index contributed by atoms with van der Waals surface area (Å²) in [4.78, 5) is 11.8. The summed E-state index contributed by atoms with van der Waals surface area (Å²) in [5.41, 5.74) is -3.16. The fraction of sp³-hybridized carbons (Fsp3) is 0.688. The third-order valence-corrected chi connectivity index (χ3v) is 4.42. The number of rotatable bonds is 5. The molecule has 1 aromatic heterocycles. The van der Waals surface area contributed by atoms with Crippen molar-refractivity contribution in [2.45, 2.75) is 63.0 Å². The highest BCUT2D eigenvalue weighted by molar-refractivity contribution is 5.74. The minimum absolute atomic E-state index is 0.113. The average Bonchev–Trinajstić information content (AvgIpc) is 2.95. The molecule has 1 heterocycles. The van der Waals surface area contributed by atoms with Crippen molar-refractivity contribution in [1.29, 1.82) is 0 Å². The molecule has 25 heavy (non-hydrogen) atoms. The first kappa shape index (κ1) is 19.6. The van der Waals surface area contributed by atoms with Gasteiger partial charge in [0.15, 0.2) is 0 Å². The molecular weight excluding hydrogens is 341 g/mol. The highest BCUT2D eigenvalue weighted by Gasteiger charge is 2.56. The molecule has 0 bridgehead atoms. The lowest BCUT2D eigenvalue weighted by Gasteiger charge is -2.29. The van der Waals surface area contributed by atoms with E-state index in [9.17, 15) is 28.2 Å². The molecule has 9 heteroatoms. The molecule has 2 rings (SSSR count). The van der Waals surface area contributed by atoms with Crippen molar-refractivity contribution in [3.63, 3.8) is 0 Å². The van der Waals surface area contributed by atoms with Gasteiger partial charge < -0.3 is 25.3 Å². The summed E-state index contributed by atoms with van der Waals surface area (Å²) in [6.07, 6.45) is -3.67. The molecule has 1 unspecified atom stereocenters. The number of halogens is 3. The van der Waals surface area contributed by atoms with Crippen LogP contribution in [0.1, 0.15) is 43.6 Å². The zero-order chi connectivity index (χ0) is 18.7. The van der Waals surface area contributed by atoms with Crippen LogP contribution in [-0.2, 0) is 5.60 Å². The van der Waals surface area contributed by atoms with E-state index >= 15 is 0 Å². The van der Waals surface area contributed by atoms with Crippen molar-refractivity contribution in [2.24, 2.45) is 0 Å². The van der Waals surface area contributed by atoms with Gasteiger partial charge in [-0.2, -0.15) is 13.2 Å². The van der Waals surface area contributed by atoms with Crippen LogP contribution in [0.2, 0.25) is 0 Å². The van der Waals surface area contributed by atoms with Crippen LogP contribution in [0.3, 0.4) is 0 Å². The number of aryl methyl sites for hydroxylation is 1. The molecule has 1 aliphatic rings. The number of hydrogen-bond acceptors (Lipinski definition) is 4. The second kappa shape index (κ2) is 7.65. The van der Waals surface area contributed by atoms with Crippen LogP contribution in [0.4, 0.5) is 18.0 Å². The SMILES string of the molecule is Cc1ccc(C(O)(CCNC(=O)NC2CCC(O)CC2)C(F)(F)F)o1. The first-order valence-corrected chi connectivity index (χ1v) is 8.20. The van der Waals surface area contributed by atoms with Crippen LogP contribution >= 0.6 is 0 Å². The highest BCUT2D eigenvalue weighted by Crippen LogP contribution is 2.42. The Morgan fingerprint density at radius 2 is 1.92 bits per heavy atom. The minimum atomic E-state index is -4.94. The summed E-state index contributed by atoms with van der Waals surface area (Å²) in [5.74, 6) is -0.344. The Kier molecular flexibility index (Phi) is 5.99. The Hall–Kier alpha value is -1.74. The van der Waals surface area contributed by atoms with E-state index in [4.69, 9.17) is 4.42 Å². The number of carbonyl (C=O) groups is 1. The van der Waals surface area contributed by atoms with Crippen molar-refractivity contribution in [1.82, 2.24) is 10.6 Å². The number of aliphatic hydroxyl groups is 2. The van der Waals surface area contributed by atoms with Crippen LogP contribution in [0.5, 0.6) is 0 Å². The average molecular weight is 364 g/mol. The summed E-state index contributed by atoms with van der Waals surface area (Å²) < 4.78 is 44.8. The third kappa shape index (κ3) is 4.88. The number of nitrogens with one attached hydrogen (secondary N) is 2. The van der Waals surface area contributed by atoms with E-state index in [0.717, 1.165) is 6.07 Å². The summed E-state index contributed by atoms with van der Waals surface area (Å²) in [7, 11) is 0. The predicted molar refractivity (Wildman–Crippen MR) is 82.8 cm³/mol. The topological polar surface area (TPSA) is 94.7 Å². The van der Waals surface area contributed by atoms with Gasteiger partial charge in [0.25, 0.3) is 0 Å². The zero-order valence-electron chi connectivity index (χ0n) is 13.9. The maximum absolute atomic E-state index is 13.3. The van der Waals surface area contributed by atoms with E-state index in [-0.39, 0.29) is 24.5 Å². The molecule has 2 amide bonds. The zero-order valence-corrected chi connectivity index (χ0v) is 13.9. The number of carbonyl (C=O) groups excluding carboxylic acids is 1. The van der Waals surface area contributed by atoms with Crippen LogP contribution in [-0.4, -0.2) is 41.1 Å². The monoisotopic (exact) mass is 364 g/mol. The minimum Gasteiger partial charge on any atom is -0.463 e. The Morgan fingerprint density at radius 1 is 1.28 bits per heavy atom. The number of aliphatic hydroxyl groups excluding tert-OH is 1. The summed E-state index contributed by atoms with van der Waals surface area (Å²) in [5, 5.41) is 24.5. The van der Waals surface area contributed by atoms with Crippen molar-refractivity contribution >= 4 is 6.03 Å². The largest absolute Gasteiger partial charge is 0.463 e. The number of alkyl halides is 3. The van der Waals surface area contributed by atoms with Gasteiger partial charge in [0, 0.05) is 19.0 Å². The molecular formula is C16H23F3N2O4. The van der Waals surface area contributed by atoms with Gasteiger partial charge in [-0.1, -0.05) is 0 Å². The van der Waals surface area contributed by atoms with Gasteiger partial charge >= 0.3 is 12.2 Å². The summed E-state index contributed by atoms with van der Waals surface area (Å²) in [6.45, 7) is 1.10. The molecule has 1 aliphatic carbocycles. The van der Waals surface area contributed by atoms with Gasteiger partial charge in [-0.3, -0.25) is 0 Å². The molecule has 0 aromatic carbocycles.